The fourth-order valence-electron chi connectivity index (χ4n) is 2.19. The molecule has 0 aliphatic rings. The van der Waals surface area contributed by atoms with Crippen LogP contribution in [0.1, 0.15) is 6.92 Å². The van der Waals surface area contributed by atoms with Crippen molar-refractivity contribution in [1.82, 2.24) is 4.98 Å². The number of carbonyl (C=O) groups is 1. The summed E-state index contributed by atoms with van der Waals surface area (Å²) in [6.45, 7) is 2.47. The van der Waals surface area contributed by atoms with E-state index in [-0.39, 0.29) is 12.5 Å². The Hall–Kier alpha value is -2.25. The summed E-state index contributed by atoms with van der Waals surface area (Å²) in [5.74, 6) is 1.16. The lowest BCUT2D eigenvalue weighted by Crippen LogP contribution is -2.19. The fraction of sp³-hybridized carbons (Fsp3) is 0.222. The number of carbonyl (C=O) groups excluding carboxylic acids is 1. The Balaban J connectivity index is 1.57. The molecule has 0 unspecified atom stereocenters. The Morgan fingerprint density at radius 2 is 1.88 bits per heavy atom. The SMILES string of the molecule is CCOc1ccc(OCC(=O)Nc2nc3ccc(SC)cc3s2)cc1. The summed E-state index contributed by atoms with van der Waals surface area (Å²) in [4.78, 5) is 17.7. The second-order valence-electron chi connectivity index (χ2n) is 5.09. The quantitative estimate of drug-likeness (QED) is 0.620. The first kappa shape index (κ1) is 17.6. The number of hydrogen-bond donors (Lipinski definition) is 1. The van der Waals surface area contributed by atoms with E-state index in [2.05, 4.69) is 16.4 Å². The molecule has 25 heavy (non-hydrogen) atoms. The molecule has 3 rings (SSSR count). The van der Waals surface area contributed by atoms with E-state index in [1.165, 1.54) is 16.2 Å². The lowest BCUT2D eigenvalue weighted by atomic mass is 10.3. The minimum Gasteiger partial charge on any atom is -0.494 e. The zero-order valence-electron chi connectivity index (χ0n) is 13.9. The van der Waals surface area contributed by atoms with E-state index >= 15 is 0 Å². The maximum Gasteiger partial charge on any atom is 0.264 e. The van der Waals surface area contributed by atoms with Gasteiger partial charge in [0, 0.05) is 4.90 Å². The number of thiazole rings is 1. The van der Waals surface area contributed by atoms with Crippen LogP contribution < -0.4 is 14.8 Å². The molecule has 0 spiro atoms. The Morgan fingerprint density at radius 1 is 1.16 bits per heavy atom. The minimum absolute atomic E-state index is 0.0695. The topological polar surface area (TPSA) is 60.5 Å². The highest BCUT2D eigenvalue weighted by Gasteiger charge is 2.09. The van der Waals surface area contributed by atoms with Gasteiger partial charge in [0.2, 0.25) is 0 Å². The summed E-state index contributed by atoms with van der Waals surface area (Å²) in [6, 6.07) is 13.2. The molecule has 0 aliphatic carbocycles. The number of nitrogens with one attached hydrogen (secondary N) is 1. The van der Waals surface area contributed by atoms with Crippen molar-refractivity contribution < 1.29 is 14.3 Å². The number of aromatic nitrogens is 1. The fourth-order valence-corrected chi connectivity index (χ4v) is 3.62. The number of amides is 1. The normalized spacial score (nSPS) is 10.6. The molecule has 130 valence electrons. The third-order valence-electron chi connectivity index (χ3n) is 3.35. The lowest BCUT2D eigenvalue weighted by molar-refractivity contribution is -0.118. The van der Waals surface area contributed by atoms with Gasteiger partial charge in [-0.1, -0.05) is 11.3 Å². The standard InChI is InChI=1S/C18H18N2O3S2/c1-3-22-12-4-6-13(7-5-12)23-11-17(21)20-18-19-15-9-8-14(24-2)10-16(15)25-18/h4-10H,3,11H2,1-2H3,(H,19,20,21). The first-order chi connectivity index (χ1) is 12.2. The summed E-state index contributed by atoms with van der Waals surface area (Å²) >= 11 is 3.13. The van der Waals surface area contributed by atoms with Gasteiger partial charge in [-0.05, 0) is 55.6 Å². The molecule has 0 bridgehead atoms. The van der Waals surface area contributed by atoms with E-state index in [9.17, 15) is 4.79 Å². The molecule has 1 N–H and O–H groups in total. The summed E-state index contributed by atoms with van der Waals surface area (Å²) in [5.41, 5.74) is 0.880. The van der Waals surface area contributed by atoms with Crippen LogP contribution in [-0.4, -0.2) is 30.4 Å². The molecule has 0 saturated carbocycles. The first-order valence-electron chi connectivity index (χ1n) is 7.78. The summed E-state index contributed by atoms with van der Waals surface area (Å²) in [7, 11) is 0. The third-order valence-corrected chi connectivity index (χ3v) is 5.01. The van der Waals surface area contributed by atoms with Crippen LogP contribution in [0.15, 0.2) is 47.4 Å². The van der Waals surface area contributed by atoms with E-state index < -0.39 is 0 Å². The average Bonchev–Trinajstić information content (AvgIpc) is 3.02. The Labute approximate surface area is 154 Å². The Kier molecular flexibility index (Phi) is 5.78. The molecule has 5 nitrogen and oxygen atoms in total. The van der Waals surface area contributed by atoms with Gasteiger partial charge < -0.3 is 9.47 Å². The summed E-state index contributed by atoms with van der Waals surface area (Å²) in [6.07, 6.45) is 2.03. The average molecular weight is 374 g/mol. The number of benzene rings is 2. The van der Waals surface area contributed by atoms with Gasteiger partial charge in [-0.2, -0.15) is 0 Å². The van der Waals surface area contributed by atoms with Crippen LogP contribution in [0.2, 0.25) is 0 Å². The van der Waals surface area contributed by atoms with Crippen molar-refractivity contribution in [2.24, 2.45) is 0 Å². The number of rotatable bonds is 7. The van der Waals surface area contributed by atoms with Gasteiger partial charge in [0.15, 0.2) is 11.7 Å². The number of nitrogens with zero attached hydrogens (tertiary/aromatic N) is 1. The van der Waals surface area contributed by atoms with Gasteiger partial charge >= 0.3 is 0 Å². The van der Waals surface area contributed by atoms with Crippen LogP contribution in [0, 0.1) is 0 Å². The van der Waals surface area contributed by atoms with Crippen molar-refractivity contribution in [3.63, 3.8) is 0 Å². The van der Waals surface area contributed by atoms with Gasteiger partial charge in [-0.25, -0.2) is 4.98 Å². The van der Waals surface area contributed by atoms with Crippen LogP contribution in [-0.2, 0) is 4.79 Å². The molecule has 1 aromatic heterocycles. The predicted octanol–water partition coefficient (Wildman–Crippen LogP) is 4.43. The molecular formula is C18H18N2O3S2. The largest absolute Gasteiger partial charge is 0.494 e. The second-order valence-corrected chi connectivity index (χ2v) is 7.00. The molecule has 0 saturated heterocycles. The Bertz CT molecular complexity index is 862. The van der Waals surface area contributed by atoms with Gasteiger partial charge in [-0.3, -0.25) is 10.1 Å². The summed E-state index contributed by atoms with van der Waals surface area (Å²) < 4.78 is 11.9. The smallest absolute Gasteiger partial charge is 0.264 e. The number of thioether (sulfide) groups is 1. The molecule has 0 atom stereocenters. The van der Waals surface area contributed by atoms with Crippen LogP contribution in [0.4, 0.5) is 5.13 Å². The van der Waals surface area contributed by atoms with Crippen molar-refractivity contribution in [2.45, 2.75) is 11.8 Å². The van der Waals surface area contributed by atoms with Crippen LogP contribution in [0.25, 0.3) is 10.2 Å². The molecule has 1 heterocycles. The maximum atomic E-state index is 12.1. The Morgan fingerprint density at radius 3 is 2.56 bits per heavy atom. The molecule has 3 aromatic rings. The van der Waals surface area contributed by atoms with E-state index in [1.807, 2.05) is 37.4 Å². The van der Waals surface area contributed by atoms with Crippen molar-refractivity contribution >= 4 is 44.4 Å². The molecule has 0 radical (unpaired) electrons. The zero-order chi connectivity index (χ0) is 17.6. The molecular weight excluding hydrogens is 356 g/mol. The van der Waals surface area contributed by atoms with Crippen molar-refractivity contribution in [1.29, 1.82) is 0 Å². The van der Waals surface area contributed by atoms with Crippen molar-refractivity contribution in [3.8, 4) is 11.5 Å². The minimum atomic E-state index is -0.238. The first-order valence-corrected chi connectivity index (χ1v) is 9.82. The molecule has 1 amide bonds. The highest BCUT2D eigenvalue weighted by atomic mass is 32.2. The van der Waals surface area contributed by atoms with Gasteiger partial charge in [0.1, 0.15) is 11.5 Å². The highest BCUT2D eigenvalue weighted by molar-refractivity contribution is 7.98. The molecule has 0 fully saturated rings. The lowest BCUT2D eigenvalue weighted by Gasteiger charge is -2.07. The monoisotopic (exact) mass is 374 g/mol. The van der Waals surface area contributed by atoms with Gasteiger partial charge in [0.05, 0.1) is 16.8 Å². The van der Waals surface area contributed by atoms with Crippen LogP contribution in [0.3, 0.4) is 0 Å². The highest BCUT2D eigenvalue weighted by Crippen LogP contribution is 2.29. The van der Waals surface area contributed by atoms with E-state index in [4.69, 9.17) is 9.47 Å². The number of hydrogen-bond acceptors (Lipinski definition) is 6. The molecule has 0 aliphatic heterocycles. The number of ether oxygens (including phenoxy) is 2. The van der Waals surface area contributed by atoms with Crippen LogP contribution >= 0.6 is 23.1 Å². The molecule has 2 aromatic carbocycles. The molecule has 7 heteroatoms. The maximum absolute atomic E-state index is 12.1. The van der Waals surface area contributed by atoms with E-state index in [1.54, 1.807) is 23.9 Å². The summed E-state index contributed by atoms with van der Waals surface area (Å²) in [5, 5.41) is 3.36. The van der Waals surface area contributed by atoms with Crippen LogP contribution in [0.5, 0.6) is 11.5 Å². The number of fused-ring (bicyclic) bond motifs is 1. The number of anilines is 1. The van der Waals surface area contributed by atoms with Gasteiger partial charge in [-0.15, -0.1) is 11.8 Å². The van der Waals surface area contributed by atoms with E-state index in [0.29, 0.717) is 17.5 Å². The van der Waals surface area contributed by atoms with Gasteiger partial charge in [0.25, 0.3) is 5.91 Å². The van der Waals surface area contributed by atoms with Crippen molar-refractivity contribution in [3.05, 3.63) is 42.5 Å². The predicted molar refractivity (Wildman–Crippen MR) is 103 cm³/mol. The van der Waals surface area contributed by atoms with Crippen molar-refractivity contribution in [2.75, 3.05) is 24.8 Å². The third kappa shape index (κ3) is 4.64. The zero-order valence-corrected chi connectivity index (χ0v) is 15.6. The second kappa shape index (κ2) is 8.22. The van der Waals surface area contributed by atoms with E-state index in [0.717, 1.165) is 16.0 Å².